The molecule has 0 saturated carbocycles. The molecule has 0 spiro atoms. The summed E-state index contributed by atoms with van der Waals surface area (Å²) in [5.41, 5.74) is 0. The summed E-state index contributed by atoms with van der Waals surface area (Å²) >= 11 is 0. The number of nitrogens with one attached hydrogen (secondary N) is 1. The third-order valence-electron chi connectivity index (χ3n) is 2.76. The Morgan fingerprint density at radius 1 is 0.933 bits per heavy atom. The van der Waals surface area contributed by atoms with Crippen LogP contribution in [0.2, 0.25) is 0 Å². The molecule has 0 unspecified atom stereocenters. The van der Waals surface area contributed by atoms with Crippen molar-refractivity contribution >= 4 is 0 Å². The van der Waals surface area contributed by atoms with Crippen LogP contribution in [0, 0.1) is 0 Å². The fourth-order valence-corrected chi connectivity index (χ4v) is 1.24. The highest BCUT2D eigenvalue weighted by Crippen LogP contribution is 1.93. The van der Waals surface area contributed by atoms with Gasteiger partial charge in [-0.2, -0.15) is 0 Å². The summed E-state index contributed by atoms with van der Waals surface area (Å²) < 4.78 is 0. The molecule has 0 bridgehead atoms. The first-order chi connectivity index (χ1) is 6.93. The highest BCUT2D eigenvalue weighted by molar-refractivity contribution is 4.62. The molecule has 0 aromatic heterocycles. The van der Waals surface area contributed by atoms with Crippen LogP contribution in [0.25, 0.3) is 0 Å². The highest BCUT2D eigenvalue weighted by Gasteiger charge is 2.04. The first-order valence-electron chi connectivity index (χ1n) is 6.05. The molecule has 0 fully saturated rings. The van der Waals surface area contributed by atoms with Gasteiger partial charge in [-0.3, -0.25) is 0 Å². The molecular formula is C12H29N3. The largest absolute Gasteiger partial charge is 0.313 e. The van der Waals surface area contributed by atoms with Gasteiger partial charge in [0.15, 0.2) is 0 Å². The molecule has 0 aliphatic rings. The van der Waals surface area contributed by atoms with Crippen LogP contribution in [0.3, 0.4) is 0 Å². The molecular weight excluding hydrogens is 186 g/mol. The van der Waals surface area contributed by atoms with Gasteiger partial charge in [0.2, 0.25) is 0 Å². The van der Waals surface area contributed by atoms with E-state index >= 15 is 0 Å². The number of hydrogen-bond donors (Lipinski definition) is 1. The molecule has 0 aromatic carbocycles. The number of likely N-dealkylation sites (N-methyl/N-ethyl adjacent to an activating group) is 2. The average molecular weight is 215 g/mol. The van der Waals surface area contributed by atoms with Gasteiger partial charge in [-0.25, -0.2) is 0 Å². The Morgan fingerprint density at radius 2 is 1.53 bits per heavy atom. The van der Waals surface area contributed by atoms with Crippen LogP contribution in [0.1, 0.15) is 27.7 Å². The second-order valence-corrected chi connectivity index (χ2v) is 4.99. The fraction of sp³-hybridized carbons (Fsp3) is 1.00. The lowest BCUT2D eigenvalue weighted by atomic mass is 10.3. The summed E-state index contributed by atoms with van der Waals surface area (Å²) in [5, 5.41) is 3.43. The second kappa shape index (κ2) is 8.08. The van der Waals surface area contributed by atoms with Crippen LogP contribution in [-0.2, 0) is 0 Å². The first-order valence-corrected chi connectivity index (χ1v) is 6.05. The van der Waals surface area contributed by atoms with Crippen LogP contribution in [0.15, 0.2) is 0 Å². The van der Waals surface area contributed by atoms with E-state index in [1.165, 1.54) is 0 Å². The van der Waals surface area contributed by atoms with E-state index in [-0.39, 0.29) is 0 Å². The fourth-order valence-electron chi connectivity index (χ4n) is 1.24. The minimum atomic E-state index is 0.594. The predicted molar refractivity (Wildman–Crippen MR) is 68.4 cm³/mol. The molecule has 0 aliphatic heterocycles. The zero-order valence-electron chi connectivity index (χ0n) is 11.4. The van der Waals surface area contributed by atoms with Crippen LogP contribution >= 0.6 is 0 Å². The maximum Gasteiger partial charge on any atom is 0.0109 e. The third kappa shape index (κ3) is 8.85. The van der Waals surface area contributed by atoms with Crippen LogP contribution in [0.4, 0.5) is 0 Å². The molecule has 3 nitrogen and oxygen atoms in total. The third-order valence-corrected chi connectivity index (χ3v) is 2.76. The standard InChI is InChI=1S/C12H29N3/c1-11(2)13-7-8-14(5)9-10-15(6)12(3)4/h11-13H,7-10H2,1-6H3. The normalized spacial score (nSPS) is 12.4. The Hall–Kier alpha value is -0.120. The topological polar surface area (TPSA) is 18.5 Å². The van der Waals surface area contributed by atoms with E-state index in [4.69, 9.17) is 0 Å². The highest BCUT2D eigenvalue weighted by atomic mass is 15.2. The van der Waals surface area contributed by atoms with Crippen molar-refractivity contribution in [3.05, 3.63) is 0 Å². The van der Waals surface area contributed by atoms with Crippen molar-refractivity contribution in [2.75, 3.05) is 40.3 Å². The molecule has 0 saturated heterocycles. The summed E-state index contributed by atoms with van der Waals surface area (Å²) in [6.45, 7) is 13.4. The van der Waals surface area contributed by atoms with Gasteiger partial charge in [0.25, 0.3) is 0 Å². The molecule has 0 amide bonds. The van der Waals surface area contributed by atoms with E-state index in [1.54, 1.807) is 0 Å². The summed E-state index contributed by atoms with van der Waals surface area (Å²) in [5.74, 6) is 0. The van der Waals surface area contributed by atoms with Gasteiger partial charge in [-0.1, -0.05) is 13.8 Å². The van der Waals surface area contributed by atoms with E-state index in [1.807, 2.05) is 0 Å². The van der Waals surface area contributed by atoms with Crippen molar-refractivity contribution in [3.8, 4) is 0 Å². The van der Waals surface area contributed by atoms with Crippen molar-refractivity contribution in [1.82, 2.24) is 15.1 Å². The van der Waals surface area contributed by atoms with Crippen LogP contribution in [-0.4, -0.2) is 62.2 Å². The molecule has 92 valence electrons. The molecule has 1 N–H and O–H groups in total. The monoisotopic (exact) mass is 215 g/mol. The molecule has 0 aromatic rings. The lowest BCUT2D eigenvalue weighted by Crippen LogP contribution is -2.38. The number of rotatable bonds is 8. The van der Waals surface area contributed by atoms with Gasteiger partial charge in [-0.05, 0) is 27.9 Å². The average Bonchev–Trinajstić information content (AvgIpc) is 2.13. The molecule has 0 radical (unpaired) electrons. The number of nitrogens with zero attached hydrogens (tertiary/aromatic N) is 2. The van der Waals surface area contributed by atoms with Crippen LogP contribution < -0.4 is 5.32 Å². The van der Waals surface area contributed by atoms with E-state index in [0.29, 0.717) is 12.1 Å². The molecule has 15 heavy (non-hydrogen) atoms. The molecule has 0 aliphatic carbocycles. The zero-order chi connectivity index (χ0) is 11.8. The van der Waals surface area contributed by atoms with Gasteiger partial charge >= 0.3 is 0 Å². The Labute approximate surface area is 95.8 Å². The predicted octanol–water partition coefficient (Wildman–Crippen LogP) is 1.26. The molecule has 0 heterocycles. The van der Waals surface area contributed by atoms with E-state index in [2.05, 4.69) is 56.9 Å². The van der Waals surface area contributed by atoms with Crippen molar-refractivity contribution in [1.29, 1.82) is 0 Å². The summed E-state index contributed by atoms with van der Waals surface area (Å²) in [6.07, 6.45) is 0. The van der Waals surface area contributed by atoms with E-state index in [0.717, 1.165) is 26.2 Å². The van der Waals surface area contributed by atoms with Crippen molar-refractivity contribution in [2.45, 2.75) is 39.8 Å². The van der Waals surface area contributed by atoms with Crippen LogP contribution in [0.5, 0.6) is 0 Å². The van der Waals surface area contributed by atoms with E-state index < -0.39 is 0 Å². The molecule has 0 rings (SSSR count). The lowest BCUT2D eigenvalue weighted by molar-refractivity contribution is 0.224. The minimum Gasteiger partial charge on any atom is -0.313 e. The van der Waals surface area contributed by atoms with Crippen molar-refractivity contribution in [3.63, 3.8) is 0 Å². The Bertz CT molecular complexity index is 146. The van der Waals surface area contributed by atoms with Gasteiger partial charge in [0, 0.05) is 38.3 Å². The van der Waals surface area contributed by atoms with Crippen molar-refractivity contribution < 1.29 is 0 Å². The molecule has 0 atom stereocenters. The van der Waals surface area contributed by atoms with E-state index in [9.17, 15) is 0 Å². The van der Waals surface area contributed by atoms with Crippen molar-refractivity contribution in [2.24, 2.45) is 0 Å². The summed E-state index contributed by atoms with van der Waals surface area (Å²) in [4.78, 5) is 4.76. The molecule has 3 heteroatoms. The lowest BCUT2D eigenvalue weighted by Gasteiger charge is -2.25. The van der Waals surface area contributed by atoms with Gasteiger partial charge in [-0.15, -0.1) is 0 Å². The SMILES string of the molecule is CC(C)NCCN(C)CCN(C)C(C)C. The van der Waals surface area contributed by atoms with Gasteiger partial charge in [0.1, 0.15) is 0 Å². The Balaban J connectivity index is 3.44. The maximum absolute atomic E-state index is 3.43. The quantitative estimate of drug-likeness (QED) is 0.657. The minimum absolute atomic E-state index is 0.594. The number of hydrogen-bond acceptors (Lipinski definition) is 3. The second-order valence-electron chi connectivity index (χ2n) is 4.99. The Morgan fingerprint density at radius 3 is 2.00 bits per heavy atom. The van der Waals surface area contributed by atoms with Gasteiger partial charge < -0.3 is 15.1 Å². The zero-order valence-corrected chi connectivity index (χ0v) is 11.4. The Kier molecular flexibility index (Phi) is 8.02. The maximum atomic E-state index is 3.43. The summed E-state index contributed by atoms with van der Waals surface area (Å²) in [7, 11) is 4.38. The van der Waals surface area contributed by atoms with Gasteiger partial charge in [0.05, 0.1) is 0 Å². The smallest absolute Gasteiger partial charge is 0.0109 e. The summed E-state index contributed by atoms with van der Waals surface area (Å²) in [6, 6.07) is 1.24. The first kappa shape index (κ1) is 14.9.